The van der Waals surface area contributed by atoms with Gasteiger partial charge in [0, 0.05) is 0 Å². The normalized spacial score (nSPS) is 40.1. The molecule has 6 atom stereocenters. The van der Waals surface area contributed by atoms with Crippen molar-refractivity contribution in [2.24, 2.45) is 23.7 Å². The van der Waals surface area contributed by atoms with E-state index in [1.54, 1.807) is 0 Å². The maximum absolute atomic E-state index is 2.54. The monoisotopic (exact) mass is 426 g/mol. The van der Waals surface area contributed by atoms with E-state index in [-0.39, 0.29) is 24.8 Å². The molecule has 0 aliphatic heterocycles. The van der Waals surface area contributed by atoms with Crippen LogP contribution in [0.25, 0.3) is 0 Å². The first-order valence-corrected chi connectivity index (χ1v) is 11.6. The van der Waals surface area contributed by atoms with E-state index >= 15 is 0 Å². The summed E-state index contributed by atoms with van der Waals surface area (Å²) >= 11 is -0.397. The molecule has 0 spiro atoms. The Morgan fingerprint density at radius 2 is 1.22 bits per heavy atom. The summed E-state index contributed by atoms with van der Waals surface area (Å²) < 4.78 is 2.03. The standard InChI is InChI=1S/2C10H13.2ClH.Zr/c2*1-8-6-9-4-2-3-5-10(9)7-8;;;/h2*2-4,6,8,10H,5,7H2,1H3;2*1H;/q;;;;+2/p-2. The number of rotatable bonds is 2. The number of fused-ring (bicyclic) bond motifs is 2. The third kappa shape index (κ3) is 3.68. The Hall–Kier alpha value is 0.423. The molecule has 0 radical (unpaired) electrons. The first kappa shape index (κ1) is 19.7. The first-order valence-electron chi connectivity index (χ1n) is 8.73. The summed E-state index contributed by atoms with van der Waals surface area (Å²) in [6.45, 7) is 5.08. The maximum Gasteiger partial charge on any atom is -1.00 e. The van der Waals surface area contributed by atoms with Crippen molar-refractivity contribution in [1.29, 1.82) is 0 Å². The minimum atomic E-state index is -0.397. The van der Waals surface area contributed by atoms with Gasteiger partial charge in [0.25, 0.3) is 0 Å². The number of halogens is 2. The molecule has 2 saturated carbocycles. The topological polar surface area (TPSA) is 0 Å². The molecule has 3 heteroatoms. The molecule has 4 aliphatic carbocycles. The van der Waals surface area contributed by atoms with E-state index in [2.05, 4.69) is 50.3 Å². The number of hydrogen-bond acceptors (Lipinski definition) is 0. The summed E-state index contributed by atoms with van der Waals surface area (Å²) in [7, 11) is 0. The minimum Gasteiger partial charge on any atom is -1.00 e. The Kier molecular flexibility index (Phi) is 7.04. The average molecular weight is 429 g/mol. The molecule has 4 aliphatic rings. The smallest absolute Gasteiger partial charge is 1.00 e. The molecule has 0 aromatic heterocycles. The van der Waals surface area contributed by atoms with Crippen LogP contribution in [0.1, 0.15) is 39.5 Å². The summed E-state index contributed by atoms with van der Waals surface area (Å²) in [6.07, 6.45) is 20.0. The Balaban J connectivity index is 0.000000960. The van der Waals surface area contributed by atoms with E-state index < -0.39 is 23.2 Å². The molecule has 6 unspecified atom stereocenters. The van der Waals surface area contributed by atoms with Gasteiger partial charge in [-0.15, -0.1) is 0 Å². The van der Waals surface area contributed by atoms with Crippen molar-refractivity contribution in [3.63, 3.8) is 0 Å². The maximum atomic E-state index is 2.54. The van der Waals surface area contributed by atoms with Crippen LogP contribution in [0.2, 0.25) is 7.25 Å². The molecule has 4 rings (SSSR count). The van der Waals surface area contributed by atoms with E-state index in [1.807, 2.05) is 11.1 Å². The quantitative estimate of drug-likeness (QED) is 0.569. The Bertz CT molecular complexity index is 498. The van der Waals surface area contributed by atoms with E-state index in [4.69, 9.17) is 0 Å². The van der Waals surface area contributed by atoms with Gasteiger partial charge in [0.05, 0.1) is 0 Å². The number of hydrogen-bond donors (Lipinski definition) is 0. The van der Waals surface area contributed by atoms with Crippen LogP contribution in [0.4, 0.5) is 0 Å². The summed E-state index contributed by atoms with van der Waals surface area (Å²) in [5, 5.41) is 0. The third-order valence-corrected chi connectivity index (χ3v) is 12.4. The third-order valence-electron chi connectivity index (χ3n) is 6.16. The molecule has 23 heavy (non-hydrogen) atoms. The second kappa shape index (κ2) is 8.20. The van der Waals surface area contributed by atoms with E-state index in [9.17, 15) is 0 Å². The fraction of sp³-hybridized carbons (Fsp3) is 0.600. The van der Waals surface area contributed by atoms with Crippen LogP contribution in [0.5, 0.6) is 0 Å². The van der Waals surface area contributed by atoms with Gasteiger partial charge in [-0.2, -0.15) is 0 Å². The van der Waals surface area contributed by atoms with Crippen LogP contribution >= 0.6 is 0 Å². The van der Waals surface area contributed by atoms with Crippen LogP contribution < -0.4 is 24.8 Å². The fourth-order valence-corrected chi connectivity index (χ4v) is 10.9. The predicted molar refractivity (Wildman–Crippen MR) is 85.7 cm³/mol. The van der Waals surface area contributed by atoms with Crippen LogP contribution in [-0.2, 0) is 23.2 Å². The van der Waals surface area contributed by atoms with Crippen LogP contribution in [0.3, 0.4) is 0 Å². The van der Waals surface area contributed by atoms with Gasteiger partial charge in [-0.3, -0.25) is 0 Å². The molecule has 0 bridgehead atoms. The van der Waals surface area contributed by atoms with Crippen molar-refractivity contribution in [2.75, 3.05) is 0 Å². The zero-order valence-corrected chi connectivity index (χ0v) is 18.0. The zero-order valence-electron chi connectivity index (χ0n) is 14.0. The second-order valence-electron chi connectivity index (χ2n) is 7.60. The minimum absolute atomic E-state index is 0. The van der Waals surface area contributed by atoms with Crippen LogP contribution in [0, 0.1) is 23.7 Å². The van der Waals surface area contributed by atoms with E-state index in [0.717, 1.165) is 30.9 Å². The predicted octanol–water partition coefficient (Wildman–Crippen LogP) is -0.261. The van der Waals surface area contributed by atoms with Gasteiger partial charge in [-0.25, -0.2) is 0 Å². The zero-order chi connectivity index (χ0) is 14.4. The fourth-order valence-electron chi connectivity index (χ4n) is 5.11. The molecule has 124 valence electrons. The van der Waals surface area contributed by atoms with Crippen LogP contribution in [0.15, 0.2) is 47.6 Å². The summed E-state index contributed by atoms with van der Waals surface area (Å²) in [4.78, 5) is 0. The SMILES string of the molecule is CC1CC2CC=CC=C2[CH]1[Zr+2][CH]1C2=CC=CCC2CC1C.[Cl-].[Cl-]. The molecular weight excluding hydrogens is 402 g/mol. The van der Waals surface area contributed by atoms with E-state index in [0.29, 0.717) is 0 Å². The van der Waals surface area contributed by atoms with Crippen molar-refractivity contribution in [3.05, 3.63) is 47.6 Å². The molecule has 0 heterocycles. The molecule has 2 fully saturated rings. The van der Waals surface area contributed by atoms with Crippen molar-refractivity contribution < 1.29 is 48.0 Å². The van der Waals surface area contributed by atoms with Gasteiger partial charge in [0.1, 0.15) is 0 Å². The average Bonchev–Trinajstić information content (AvgIpc) is 2.97. The van der Waals surface area contributed by atoms with Gasteiger partial charge in [-0.05, 0) is 0 Å². The molecular formula is C20H26Cl2Zr. The van der Waals surface area contributed by atoms with E-state index in [1.165, 1.54) is 25.7 Å². The van der Waals surface area contributed by atoms with Crippen molar-refractivity contribution in [2.45, 2.75) is 46.8 Å². The Morgan fingerprint density at radius 1 is 0.783 bits per heavy atom. The molecule has 0 aromatic carbocycles. The van der Waals surface area contributed by atoms with Gasteiger partial charge in [0.15, 0.2) is 0 Å². The summed E-state index contributed by atoms with van der Waals surface area (Å²) in [5.41, 5.74) is 3.72. The van der Waals surface area contributed by atoms with Crippen LogP contribution in [-0.4, -0.2) is 0 Å². The summed E-state index contributed by atoms with van der Waals surface area (Å²) in [6, 6.07) is 0. The molecule has 0 aromatic rings. The second-order valence-corrected chi connectivity index (χ2v) is 11.5. The first-order chi connectivity index (χ1) is 10.2. The molecule has 0 amide bonds. The number of allylic oxidation sites excluding steroid dienone is 8. The summed E-state index contributed by atoms with van der Waals surface area (Å²) in [5.74, 6) is 3.73. The van der Waals surface area contributed by atoms with Gasteiger partial charge in [0.2, 0.25) is 0 Å². The van der Waals surface area contributed by atoms with Crippen molar-refractivity contribution in [3.8, 4) is 0 Å². The van der Waals surface area contributed by atoms with Gasteiger partial charge >= 0.3 is 141 Å². The Morgan fingerprint density at radius 3 is 1.65 bits per heavy atom. The van der Waals surface area contributed by atoms with Gasteiger partial charge < -0.3 is 24.8 Å². The molecule has 0 nitrogen and oxygen atoms in total. The Labute approximate surface area is 165 Å². The van der Waals surface area contributed by atoms with Crippen molar-refractivity contribution >= 4 is 0 Å². The van der Waals surface area contributed by atoms with Gasteiger partial charge in [-0.1, -0.05) is 0 Å². The molecule has 0 N–H and O–H groups in total. The molecule has 0 saturated heterocycles. The van der Waals surface area contributed by atoms with Crippen molar-refractivity contribution in [1.82, 2.24) is 0 Å². The largest absolute Gasteiger partial charge is 1.00 e.